The van der Waals surface area contributed by atoms with E-state index in [1.807, 2.05) is 92.6 Å². The summed E-state index contributed by atoms with van der Waals surface area (Å²) < 4.78 is 0. The Hall–Kier alpha value is -3.43. The van der Waals surface area contributed by atoms with Crippen LogP contribution in [0.2, 0.25) is 0 Å². The molecule has 0 radical (unpaired) electrons. The normalized spacial score (nSPS) is 15.8. The largest absolute Gasteiger partial charge is 0.363 e. The number of carbonyl (C=O) groups excluding carboxylic acids is 5. The quantitative estimate of drug-likeness (QED) is 0.185. The Balaban J connectivity index is 0. The van der Waals surface area contributed by atoms with E-state index >= 15 is 0 Å². The molecule has 10 heteroatoms. The van der Waals surface area contributed by atoms with Crippen molar-refractivity contribution in [1.29, 1.82) is 0 Å². The molecule has 1 fully saturated rings. The van der Waals surface area contributed by atoms with Crippen LogP contribution >= 0.6 is 0 Å². The van der Waals surface area contributed by atoms with Crippen LogP contribution in [0.5, 0.6) is 0 Å². The zero-order valence-corrected chi connectivity index (χ0v) is 32.4. The minimum Gasteiger partial charge on any atom is -0.363 e. The first-order chi connectivity index (χ1) is 22.4. The SMILES string of the molecule is CC.CCC.CCC.CCC(C)CC(NC(=O)[C@@H]1CCCN1C(=O)C(NC(=O)NC(C)(C)Cc1ccccc1)C(C)(C)C)C(=O)C(N)=O. The molecule has 5 amide bonds. The molecule has 1 aromatic rings. The molecule has 10 nitrogen and oxygen atoms in total. The molecular formula is C38H69N5O5. The molecule has 276 valence electrons. The van der Waals surface area contributed by atoms with E-state index in [1.165, 1.54) is 17.7 Å². The van der Waals surface area contributed by atoms with Gasteiger partial charge in [-0.05, 0) is 56.4 Å². The number of ketones is 1. The smallest absolute Gasteiger partial charge is 0.315 e. The number of nitrogens with two attached hydrogens (primary N) is 1. The summed E-state index contributed by atoms with van der Waals surface area (Å²) in [5, 5.41) is 8.51. The summed E-state index contributed by atoms with van der Waals surface area (Å²) >= 11 is 0. The van der Waals surface area contributed by atoms with Gasteiger partial charge in [-0.1, -0.05) is 126 Å². The maximum absolute atomic E-state index is 13.8. The number of likely N-dealkylation sites (tertiary alicyclic amines) is 1. The Bertz CT molecular complexity index is 1100. The van der Waals surface area contributed by atoms with Crippen molar-refractivity contribution in [3.8, 4) is 0 Å². The Morgan fingerprint density at radius 3 is 1.88 bits per heavy atom. The van der Waals surface area contributed by atoms with Gasteiger partial charge in [-0.15, -0.1) is 0 Å². The summed E-state index contributed by atoms with van der Waals surface area (Å²) in [6.07, 6.45) is 5.14. The number of hydrogen-bond donors (Lipinski definition) is 4. The van der Waals surface area contributed by atoms with Crippen molar-refractivity contribution in [2.75, 3.05) is 6.54 Å². The molecule has 1 heterocycles. The molecule has 0 bridgehead atoms. The van der Waals surface area contributed by atoms with Crippen LogP contribution in [0.3, 0.4) is 0 Å². The molecule has 4 atom stereocenters. The van der Waals surface area contributed by atoms with Crippen LogP contribution in [0.15, 0.2) is 30.3 Å². The summed E-state index contributed by atoms with van der Waals surface area (Å²) in [4.78, 5) is 65.7. The highest BCUT2D eigenvalue weighted by atomic mass is 16.2. The van der Waals surface area contributed by atoms with Gasteiger partial charge in [0.05, 0.1) is 6.04 Å². The average molecular weight is 676 g/mol. The highest BCUT2D eigenvalue weighted by Crippen LogP contribution is 2.26. The fourth-order valence-corrected chi connectivity index (χ4v) is 4.98. The molecule has 1 aromatic carbocycles. The Labute approximate surface area is 292 Å². The van der Waals surface area contributed by atoms with E-state index in [9.17, 15) is 24.0 Å². The lowest BCUT2D eigenvalue weighted by Crippen LogP contribution is -2.61. The first-order valence-corrected chi connectivity index (χ1v) is 18.0. The number of urea groups is 1. The van der Waals surface area contributed by atoms with Gasteiger partial charge in [-0.2, -0.15) is 0 Å². The maximum atomic E-state index is 13.8. The molecule has 3 unspecified atom stereocenters. The van der Waals surface area contributed by atoms with Crippen LogP contribution in [0.25, 0.3) is 0 Å². The molecular weight excluding hydrogens is 606 g/mol. The van der Waals surface area contributed by atoms with Crippen molar-refractivity contribution in [3.63, 3.8) is 0 Å². The van der Waals surface area contributed by atoms with Crippen LogP contribution in [0.4, 0.5) is 4.79 Å². The molecule has 48 heavy (non-hydrogen) atoms. The Morgan fingerprint density at radius 2 is 1.42 bits per heavy atom. The third-order valence-corrected chi connectivity index (χ3v) is 7.38. The number of nitrogens with zero attached hydrogens (tertiary/aromatic N) is 1. The molecule has 1 saturated heterocycles. The van der Waals surface area contributed by atoms with Gasteiger partial charge >= 0.3 is 6.03 Å². The number of amides is 5. The molecule has 0 aromatic heterocycles. The average Bonchev–Trinajstić information content (AvgIpc) is 3.50. The first kappa shape index (κ1) is 46.7. The lowest BCUT2D eigenvalue weighted by molar-refractivity contribution is -0.143. The lowest BCUT2D eigenvalue weighted by atomic mass is 9.85. The molecule has 5 N–H and O–H groups in total. The second-order valence-electron chi connectivity index (χ2n) is 14.1. The molecule has 0 aliphatic carbocycles. The van der Waals surface area contributed by atoms with E-state index in [0.717, 1.165) is 12.0 Å². The van der Waals surface area contributed by atoms with Crippen LogP contribution in [0.1, 0.15) is 134 Å². The number of carbonyl (C=O) groups is 5. The van der Waals surface area contributed by atoms with Gasteiger partial charge in [0, 0.05) is 12.1 Å². The van der Waals surface area contributed by atoms with Crippen LogP contribution < -0.4 is 21.7 Å². The minimum atomic E-state index is -1.11. The second kappa shape index (κ2) is 23.8. The predicted octanol–water partition coefficient (Wildman–Crippen LogP) is 6.55. The molecule has 1 aliphatic heterocycles. The van der Waals surface area contributed by atoms with E-state index in [2.05, 4.69) is 43.6 Å². The lowest BCUT2D eigenvalue weighted by Gasteiger charge is -2.36. The predicted molar refractivity (Wildman–Crippen MR) is 197 cm³/mol. The number of nitrogens with one attached hydrogen (secondary N) is 3. The van der Waals surface area contributed by atoms with E-state index in [4.69, 9.17) is 5.73 Å². The fraction of sp³-hybridized carbons (Fsp3) is 0.711. The van der Waals surface area contributed by atoms with E-state index < -0.39 is 52.7 Å². The summed E-state index contributed by atoms with van der Waals surface area (Å²) in [6, 6.07) is 6.55. The molecule has 2 rings (SSSR count). The fourth-order valence-electron chi connectivity index (χ4n) is 4.98. The Morgan fingerprint density at radius 1 is 0.896 bits per heavy atom. The third kappa shape index (κ3) is 17.6. The van der Waals surface area contributed by atoms with Gasteiger partial charge in [0.2, 0.25) is 17.6 Å². The maximum Gasteiger partial charge on any atom is 0.315 e. The molecule has 0 saturated carbocycles. The topological polar surface area (TPSA) is 151 Å². The highest BCUT2D eigenvalue weighted by Gasteiger charge is 2.43. The second-order valence-corrected chi connectivity index (χ2v) is 14.1. The number of benzene rings is 1. The zero-order chi connectivity index (χ0) is 37.7. The van der Waals surface area contributed by atoms with Crippen LogP contribution in [-0.4, -0.2) is 64.6 Å². The summed E-state index contributed by atoms with van der Waals surface area (Å²) in [7, 11) is 0. The minimum absolute atomic E-state index is 0.0778. The number of primary amides is 1. The van der Waals surface area contributed by atoms with Gasteiger partial charge in [-0.3, -0.25) is 19.2 Å². The van der Waals surface area contributed by atoms with Crippen LogP contribution in [0, 0.1) is 11.3 Å². The third-order valence-electron chi connectivity index (χ3n) is 7.38. The Kier molecular flexibility index (Phi) is 23.2. The van der Waals surface area contributed by atoms with Crippen molar-refractivity contribution in [3.05, 3.63) is 35.9 Å². The van der Waals surface area contributed by atoms with Gasteiger partial charge < -0.3 is 26.6 Å². The summed E-state index contributed by atoms with van der Waals surface area (Å²) in [5.41, 5.74) is 5.07. The van der Waals surface area contributed by atoms with E-state index in [0.29, 0.717) is 25.8 Å². The molecule has 0 spiro atoms. The van der Waals surface area contributed by atoms with Crippen LogP contribution in [-0.2, 0) is 25.6 Å². The van der Waals surface area contributed by atoms with Crippen molar-refractivity contribution < 1.29 is 24.0 Å². The molecule has 1 aliphatic rings. The van der Waals surface area contributed by atoms with Crippen molar-refractivity contribution in [1.82, 2.24) is 20.9 Å². The van der Waals surface area contributed by atoms with E-state index in [1.54, 1.807) is 0 Å². The van der Waals surface area contributed by atoms with Crippen molar-refractivity contribution >= 4 is 29.5 Å². The van der Waals surface area contributed by atoms with Gasteiger partial charge in [0.25, 0.3) is 5.91 Å². The van der Waals surface area contributed by atoms with Gasteiger partial charge in [0.15, 0.2) is 0 Å². The number of rotatable bonds is 12. The zero-order valence-electron chi connectivity index (χ0n) is 32.4. The first-order valence-electron chi connectivity index (χ1n) is 18.0. The van der Waals surface area contributed by atoms with Crippen molar-refractivity contribution in [2.45, 2.75) is 159 Å². The van der Waals surface area contributed by atoms with Gasteiger partial charge in [0.1, 0.15) is 12.1 Å². The number of Topliss-reactive ketones (excluding diaryl/α,β-unsaturated/α-hetero) is 1. The van der Waals surface area contributed by atoms with Crippen molar-refractivity contribution in [2.24, 2.45) is 17.1 Å². The standard InChI is InChI=1S/C30H47N5O5.2C3H8.C2H6/c1-8-19(2)17-21(23(36)25(31)37)32-26(38)22-15-12-16-35(22)27(39)24(29(3,4)5)33-28(40)34-30(6,7)18-20-13-10-9-11-14-20;2*1-3-2;1-2/h9-11,13-14,19,21-22,24H,8,12,15-18H2,1-7H3,(H2,31,37)(H,32,38)(H2,33,34,40);2*3H2,1-2H3;1-2H3/t19?,21?,22-,24?;;;/m0.../s1. The summed E-state index contributed by atoms with van der Waals surface area (Å²) in [6.45, 7) is 26.1. The number of hydrogen-bond acceptors (Lipinski definition) is 5. The van der Waals surface area contributed by atoms with Gasteiger partial charge in [-0.25, -0.2) is 4.79 Å². The highest BCUT2D eigenvalue weighted by molar-refractivity contribution is 6.37. The summed E-state index contributed by atoms with van der Waals surface area (Å²) in [5.74, 6) is -2.76. The monoisotopic (exact) mass is 676 g/mol. The van der Waals surface area contributed by atoms with E-state index in [-0.39, 0.29) is 18.2 Å².